The molecule has 0 saturated carbocycles. The number of amidine groups is 1. The average Bonchev–Trinajstić information content (AvgIpc) is 2.07. The summed E-state index contributed by atoms with van der Waals surface area (Å²) in [4.78, 5) is 12.4. The van der Waals surface area contributed by atoms with Gasteiger partial charge in [0.05, 0.1) is 0 Å². The highest BCUT2D eigenvalue weighted by atomic mass is 16.2. The molecule has 0 aliphatic carbocycles. The van der Waals surface area contributed by atoms with Gasteiger partial charge < -0.3 is 0 Å². The van der Waals surface area contributed by atoms with Crippen molar-refractivity contribution in [1.82, 2.24) is 4.90 Å². The van der Waals surface area contributed by atoms with Crippen molar-refractivity contribution in [3.05, 3.63) is 11.1 Å². The van der Waals surface area contributed by atoms with Crippen molar-refractivity contribution < 1.29 is 4.79 Å². The van der Waals surface area contributed by atoms with Crippen LogP contribution < -0.4 is 0 Å². The van der Waals surface area contributed by atoms with Crippen LogP contribution in [0.15, 0.2) is 11.1 Å². The zero-order valence-corrected chi connectivity index (χ0v) is 6.36. The van der Waals surface area contributed by atoms with Gasteiger partial charge in [0.2, 0.25) is 0 Å². The van der Waals surface area contributed by atoms with E-state index >= 15 is 0 Å². The monoisotopic (exact) mass is 138 g/mol. The minimum Gasteiger partial charge on any atom is -0.296 e. The molecule has 54 valence electrons. The van der Waals surface area contributed by atoms with Crippen LogP contribution in [0.2, 0.25) is 0 Å². The van der Waals surface area contributed by atoms with Crippen molar-refractivity contribution >= 4 is 11.7 Å². The molecule has 1 aliphatic rings. The fourth-order valence-corrected chi connectivity index (χ4v) is 0.943. The fourth-order valence-electron chi connectivity index (χ4n) is 0.943. The Morgan fingerprint density at radius 2 is 1.80 bits per heavy atom. The second kappa shape index (κ2) is 1.94. The van der Waals surface area contributed by atoms with Crippen LogP contribution in [-0.4, -0.2) is 23.7 Å². The molecule has 1 heterocycles. The van der Waals surface area contributed by atoms with Gasteiger partial charge in [-0.05, 0) is 19.4 Å². The molecular weight excluding hydrogens is 128 g/mol. The Kier molecular flexibility index (Phi) is 1.35. The summed E-state index contributed by atoms with van der Waals surface area (Å²) < 4.78 is 0. The molecule has 3 heteroatoms. The van der Waals surface area contributed by atoms with Crippen LogP contribution in [0.25, 0.3) is 0 Å². The molecule has 0 bridgehead atoms. The first-order valence-corrected chi connectivity index (χ1v) is 3.10. The van der Waals surface area contributed by atoms with Crippen molar-refractivity contribution in [2.24, 2.45) is 0 Å². The van der Waals surface area contributed by atoms with Crippen LogP contribution in [-0.2, 0) is 4.79 Å². The van der Waals surface area contributed by atoms with E-state index in [0.29, 0.717) is 11.4 Å². The molecule has 0 radical (unpaired) electrons. The highest BCUT2D eigenvalue weighted by Crippen LogP contribution is 2.17. The maximum Gasteiger partial charge on any atom is 0.255 e. The molecule has 10 heavy (non-hydrogen) atoms. The number of carbonyl (C=O) groups excluding carboxylic acids is 1. The number of hydrogen-bond donors (Lipinski definition) is 1. The topological polar surface area (TPSA) is 44.2 Å². The van der Waals surface area contributed by atoms with Crippen molar-refractivity contribution in [3.63, 3.8) is 0 Å². The zero-order chi connectivity index (χ0) is 7.89. The normalized spacial score (nSPS) is 19.3. The number of carbonyl (C=O) groups is 1. The Balaban J connectivity index is 3.11. The summed E-state index contributed by atoms with van der Waals surface area (Å²) >= 11 is 0. The third-order valence-electron chi connectivity index (χ3n) is 1.88. The standard InChI is InChI=1S/C7H10N2O/c1-4-5(2)7(10)9(3)6(4)8/h8H,1-3H3. The van der Waals surface area contributed by atoms with E-state index in [0.717, 1.165) is 5.57 Å². The van der Waals surface area contributed by atoms with Crippen LogP contribution >= 0.6 is 0 Å². The van der Waals surface area contributed by atoms with E-state index in [4.69, 9.17) is 5.41 Å². The highest BCUT2D eigenvalue weighted by molar-refractivity contribution is 6.19. The van der Waals surface area contributed by atoms with E-state index in [1.165, 1.54) is 4.90 Å². The van der Waals surface area contributed by atoms with Crippen molar-refractivity contribution in [2.75, 3.05) is 7.05 Å². The van der Waals surface area contributed by atoms with E-state index in [1.54, 1.807) is 20.9 Å². The summed E-state index contributed by atoms with van der Waals surface area (Å²) in [7, 11) is 1.62. The van der Waals surface area contributed by atoms with E-state index in [-0.39, 0.29) is 5.91 Å². The Morgan fingerprint density at radius 3 is 1.90 bits per heavy atom. The number of likely N-dealkylation sites (N-methyl/N-ethyl adjacent to an activating group) is 1. The molecule has 1 amide bonds. The van der Waals surface area contributed by atoms with Gasteiger partial charge in [0.1, 0.15) is 5.84 Å². The number of rotatable bonds is 0. The first-order valence-electron chi connectivity index (χ1n) is 3.10. The molecule has 0 spiro atoms. The number of nitrogens with zero attached hydrogens (tertiary/aromatic N) is 1. The summed E-state index contributed by atoms with van der Waals surface area (Å²) in [5.41, 5.74) is 1.47. The average molecular weight is 138 g/mol. The second-order valence-electron chi connectivity index (χ2n) is 2.46. The van der Waals surface area contributed by atoms with Gasteiger partial charge in [-0.15, -0.1) is 0 Å². The zero-order valence-electron chi connectivity index (χ0n) is 6.36. The lowest BCUT2D eigenvalue weighted by Crippen LogP contribution is -2.25. The maximum absolute atomic E-state index is 11.1. The first kappa shape index (κ1) is 6.99. The lowest BCUT2D eigenvalue weighted by molar-refractivity contribution is -0.121. The Hall–Kier alpha value is -1.12. The third-order valence-corrected chi connectivity index (χ3v) is 1.88. The molecule has 3 nitrogen and oxygen atoms in total. The predicted molar refractivity (Wildman–Crippen MR) is 38.9 cm³/mol. The molecule has 0 unspecified atom stereocenters. The minimum atomic E-state index is -0.0532. The smallest absolute Gasteiger partial charge is 0.255 e. The van der Waals surface area contributed by atoms with E-state index < -0.39 is 0 Å². The van der Waals surface area contributed by atoms with Crippen LogP contribution in [0.5, 0.6) is 0 Å². The number of hydrogen-bond acceptors (Lipinski definition) is 2. The third kappa shape index (κ3) is 0.667. The van der Waals surface area contributed by atoms with Crippen molar-refractivity contribution in [2.45, 2.75) is 13.8 Å². The Morgan fingerprint density at radius 1 is 1.30 bits per heavy atom. The molecular formula is C7H10N2O. The van der Waals surface area contributed by atoms with E-state index in [1.807, 2.05) is 0 Å². The van der Waals surface area contributed by atoms with Crippen LogP contribution in [0.1, 0.15) is 13.8 Å². The Labute approximate surface area is 59.8 Å². The summed E-state index contributed by atoms with van der Waals surface area (Å²) in [6, 6.07) is 0. The molecule has 0 atom stereocenters. The maximum atomic E-state index is 11.1. The van der Waals surface area contributed by atoms with Gasteiger partial charge in [-0.25, -0.2) is 0 Å². The van der Waals surface area contributed by atoms with Crippen molar-refractivity contribution in [3.8, 4) is 0 Å². The summed E-state index contributed by atoms with van der Waals surface area (Å²) in [6.45, 7) is 3.54. The molecule has 0 fully saturated rings. The molecule has 1 rings (SSSR count). The largest absolute Gasteiger partial charge is 0.296 e. The van der Waals surface area contributed by atoms with Gasteiger partial charge in [0.25, 0.3) is 5.91 Å². The van der Waals surface area contributed by atoms with Gasteiger partial charge in [0.15, 0.2) is 0 Å². The SMILES string of the molecule is CC1=C(C)C(=O)N(C)C1=N. The summed E-state index contributed by atoms with van der Waals surface area (Å²) in [5.74, 6) is 0.269. The van der Waals surface area contributed by atoms with Gasteiger partial charge >= 0.3 is 0 Å². The van der Waals surface area contributed by atoms with E-state index in [2.05, 4.69) is 0 Å². The van der Waals surface area contributed by atoms with Crippen molar-refractivity contribution in [1.29, 1.82) is 5.41 Å². The summed E-state index contributed by atoms with van der Waals surface area (Å²) in [5, 5.41) is 7.37. The highest BCUT2D eigenvalue weighted by Gasteiger charge is 2.26. The molecule has 0 saturated heterocycles. The Bertz CT molecular complexity index is 216. The lowest BCUT2D eigenvalue weighted by Gasteiger charge is -2.07. The second-order valence-corrected chi connectivity index (χ2v) is 2.46. The molecule has 1 N–H and O–H groups in total. The van der Waals surface area contributed by atoms with Crippen LogP contribution in [0.4, 0.5) is 0 Å². The van der Waals surface area contributed by atoms with Gasteiger partial charge in [-0.2, -0.15) is 0 Å². The molecule has 0 aromatic carbocycles. The van der Waals surface area contributed by atoms with Gasteiger partial charge in [-0.1, -0.05) is 0 Å². The van der Waals surface area contributed by atoms with Crippen LogP contribution in [0, 0.1) is 5.41 Å². The molecule has 0 aromatic heterocycles. The van der Waals surface area contributed by atoms with Gasteiger partial charge in [-0.3, -0.25) is 15.1 Å². The minimum absolute atomic E-state index is 0.0532. The quantitative estimate of drug-likeness (QED) is 0.528. The first-order chi connectivity index (χ1) is 4.55. The van der Waals surface area contributed by atoms with Gasteiger partial charge in [0, 0.05) is 12.6 Å². The fraction of sp³-hybridized carbons (Fsp3) is 0.429. The van der Waals surface area contributed by atoms with Crippen LogP contribution in [0.3, 0.4) is 0 Å². The molecule has 0 aromatic rings. The number of nitrogens with one attached hydrogen (secondary N) is 1. The number of amides is 1. The molecule has 1 aliphatic heterocycles. The lowest BCUT2D eigenvalue weighted by atomic mass is 10.2. The summed E-state index contributed by atoms with van der Waals surface area (Å²) in [6.07, 6.45) is 0. The predicted octanol–water partition coefficient (Wildman–Crippen LogP) is 0.772. The van der Waals surface area contributed by atoms with E-state index in [9.17, 15) is 4.79 Å².